The van der Waals surface area contributed by atoms with Crippen LogP contribution in [0.25, 0.3) is 0 Å². The fourth-order valence-corrected chi connectivity index (χ4v) is 3.22. The number of hydrogen-bond donors (Lipinski definition) is 3. The van der Waals surface area contributed by atoms with Gasteiger partial charge in [-0.15, -0.1) is 12.4 Å². The Balaban J connectivity index is 0.00000180. The number of aliphatic hydroxyl groups excluding tert-OH is 1. The van der Waals surface area contributed by atoms with Gasteiger partial charge < -0.3 is 10.4 Å². The van der Waals surface area contributed by atoms with Gasteiger partial charge in [-0.05, 0) is 29.7 Å². The number of nitrogens with one attached hydrogen (secondary N) is 2. The van der Waals surface area contributed by atoms with Gasteiger partial charge in [-0.2, -0.15) is 0 Å². The number of benzene rings is 1. The average molecular weight is 307 g/mol. The molecule has 1 atom stereocenters. The molecule has 1 aromatic carbocycles. The van der Waals surface area contributed by atoms with E-state index in [4.69, 9.17) is 5.11 Å². The Hall–Kier alpha value is -0.660. The van der Waals surface area contributed by atoms with Crippen molar-refractivity contribution in [2.45, 2.75) is 30.8 Å². The lowest BCUT2D eigenvalue weighted by atomic mass is 9.96. The van der Waals surface area contributed by atoms with Crippen LogP contribution >= 0.6 is 12.4 Å². The zero-order valence-corrected chi connectivity index (χ0v) is 12.4. The third kappa shape index (κ3) is 3.67. The van der Waals surface area contributed by atoms with Crippen LogP contribution < -0.4 is 10.0 Å². The van der Waals surface area contributed by atoms with Gasteiger partial charge in [0.1, 0.15) is 0 Å². The second kappa shape index (κ2) is 6.67. The highest BCUT2D eigenvalue weighted by Crippen LogP contribution is 2.20. The lowest BCUT2D eigenvalue weighted by molar-refractivity contribution is 0.236. The summed E-state index contributed by atoms with van der Waals surface area (Å²) in [6.45, 7) is 2.82. The van der Waals surface area contributed by atoms with E-state index in [9.17, 15) is 8.42 Å². The fraction of sp³-hybridized carbons (Fsp3) is 0.500. The van der Waals surface area contributed by atoms with Gasteiger partial charge >= 0.3 is 0 Å². The van der Waals surface area contributed by atoms with Crippen molar-refractivity contribution in [3.8, 4) is 0 Å². The largest absolute Gasteiger partial charge is 0.395 e. The standard InChI is InChI=1S/C12H18N2O3S.ClH/c1-2-14-18(16,17)12-4-3-9-5-11(8-15)13-7-10(9)6-12;/h3-4,6,11,13-15H,2,5,7-8H2,1H3;1H. The molecule has 1 aliphatic rings. The molecule has 1 heterocycles. The molecule has 19 heavy (non-hydrogen) atoms. The van der Waals surface area contributed by atoms with Crippen LogP contribution in [0.3, 0.4) is 0 Å². The van der Waals surface area contributed by atoms with E-state index in [1.165, 1.54) is 0 Å². The lowest BCUT2D eigenvalue weighted by Crippen LogP contribution is -2.38. The van der Waals surface area contributed by atoms with Gasteiger partial charge in [0.05, 0.1) is 11.5 Å². The normalized spacial score (nSPS) is 18.5. The van der Waals surface area contributed by atoms with E-state index < -0.39 is 10.0 Å². The number of fused-ring (bicyclic) bond motifs is 1. The van der Waals surface area contributed by atoms with E-state index in [0.717, 1.165) is 17.5 Å². The maximum absolute atomic E-state index is 11.9. The number of sulfonamides is 1. The van der Waals surface area contributed by atoms with Crippen LogP contribution in [0.1, 0.15) is 18.1 Å². The smallest absolute Gasteiger partial charge is 0.240 e. The van der Waals surface area contributed by atoms with Crippen molar-refractivity contribution >= 4 is 22.4 Å². The Morgan fingerprint density at radius 1 is 1.42 bits per heavy atom. The molecule has 0 radical (unpaired) electrons. The van der Waals surface area contributed by atoms with Crippen LogP contribution in [0.5, 0.6) is 0 Å². The molecule has 1 aromatic rings. The van der Waals surface area contributed by atoms with Crippen molar-refractivity contribution in [1.82, 2.24) is 10.0 Å². The lowest BCUT2D eigenvalue weighted by Gasteiger charge is -2.25. The summed E-state index contributed by atoms with van der Waals surface area (Å²) in [7, 11) is -3.39. The predicted molar refractivity (Wildman–Crippen MR) is 76.0 cm³/mol. The summed E-state index contributed by atoms with van der Waals surface area (Å²) in [5.41, 5.74) is 2.09. The van der Waals surface area contributed by atoms with E-state index in [1.54, 1.807) is 19.1 Å². The number of rotatable bonds is 4. The minimum absolute atomic E-state index is 0. The Morgan fingerprint density at radius 2 is 2.16 bits per heavy atom. The third-order valence-corrected chi connectivity index (χ3v) is 4.63. The molecular weight excluding hydrogens is 288 g/mol. The second-order valence-corrected chi connectivity index (χ2v) is 6.16. The van der Waals surface area contributed by atoms with E-state index in [0.29, 0.717) is 18.0 Å². The molecule has 7 heteroatoms. The van der Waals surface area contributed by atoms with Gasteiger partial charge in [0.2, 0.25) is 10.0 Å². The maximum Gasteiger partial charge on any atom is 0.240 e. The quantitative estimate of drug-likeness (QED) is 0.753. The fourth-order valence-electron chi connectivity index (χ4n) is 2.13. The van der Waals surface area contributed by atoms with Gasteiger partial charge in [-0.3, -0.25) is 0 Å². The summed E-state index contributed by atoms with van der Waals surface area (Å²) >= 11 is 0. The van der Waals surface area contributed by atoms with Crippen molar-refractivity contribution in [3.63, 3.8) is 0 Å². The molecule has 2 rings (SSSR count). The van der Waals surface area contributed by atoms with Crippen LogP contribution in [-0.2, 0) is 23.0 Å². The molecule has 0 bridgehead atoms. The van der Waals surface area contributed by atoms with Crippen LogP contribution in [-0.4, -0.2) is 32.7 Å². The highest BCUT2D eigenvalue weighted by molar-refractivity contribution is 7.89. The molecule has 0 aromatic heterocycles. The van der Waals surface area contributed by atoms with E-state index in [1.807, 2.05) is 6.07 Å². The molecule has 0 saturated carbocycles. The van der Waals surface area contributed by atoms with Gasteiger partial charge in [0.25, 0.3) is 0 Å². The SMILES string of the molecule is CCNS(=O)(=O)c1ccc2c(c1)CNC(CO)C2.Cl. The summed E-state index contributed by atoms with van der Waals surface area (Å²) in [6.07, 6.45) is 0.730. The highest BCUT2D eigenvalue weighted by Gasteiger charge is 2.20. The maximum atomic E-state index is 11.9. The first kappa shape index (κ1) is 16.4. The van der Waals surface area contributed by atoms with Crippen molar-refractivity contribution in [3.05, 3.63) is 29.3 Å². The summed E-state index contributed by atoms with van der Waals surface area (Å²) < 4.78 is 26.2. The topological polar surface area (TPSA) is 78.4 Å². The summed E-state index contributed by atoms with van der Waals surface area (Å²) in [6, 6.07) is 5.22. The molecule has 1 unspecified atom stereocenters. The molecule has 3 N–H and O–H groups in total. The first-order chi connectivity index (χ1) is 8.56. The zero-order valence-electron chi connectivity index (χ0n) is 10.7. The zero-order chi connectivity index (χ0) is 13.2. The van der Waals surface area contributed by atoms with Crippen molar-refractivity contribution < 1.29 is 13.5 Å². The molecule has 5 nitrogen and oxygen atoms in total. The number of hydrogen-bond acceptors (Lipinski definition) is 4. The monoisotopic (exact) mass is 306 g/mol. The summed E-state index contributed by atoms with van der Waals surface area (Å²) in [4.78, 5) is 0.298. The van der Waals surface area contributed by atoms with E-state index in [-0.39, 0.29) is 25.1 Å². The van der Waals surface area contributed by atoms with Gasteiger partial charge in [0, 0.05) is 19.1 Å². The van der Waals surface area contributed by atoms with Crippen LogP contribution in [0.4, 0.5) is 0 Å². The summed E-state index contributed by atoms with van der Waals surface area (Å²) in [5, 5.41) is 12.3. The van der Waals surface area contributed by atoms with E-state index in [2.05, 4.69) is 10.0 Å². The van der Waals surface area contributed by atoms with Gasteiger partial charge in [0.15, 0.2) is 0 Å². The first-order valence-electron chi connectivity index (χ1n) is 6.02. The van der Waals surface area contributed by atoms with Crippen molar-refractivity contribution in [2.75, 3.05) is 13.2 Å². The Morgan fingerprint density at radius 3 is 2.79 bits per heavy atom. The van der Waals surface area contributed by atoms with Gasteiger partial charge in [-0.25, -0.2) is 13.1 Å². The predicted octanol–water partition coefficient (Wildman–Crippen LogP) is 0.413. The molecule has 108 valence electrons. The molecule has 0 amide bonds. The van der Waals surface area contributed by atoms with E-state index >= 15 is 0 Å². The third-order valence-electron chi connectivity index (χ3n) is 3.09. The molecule has 0 aliphatic carbocycles. The Labute approximate surface area is 119 Å². The van der Waals surface area contributed by atoms with Gasteiger partial charge in [-0.1, -0.05) is 13.0 Å². The molecule has 1 aliphatic heterocycles. The molecule has 0 fully saturated rings. The molecular formula is C12H19ClN2O3S. The minimum Gasteiger partial charge on any atom is -0.395 e. The minimum atomic E-state index is -3.39. The Bertz CT molecular complexity index is 534. The van der Waals surface area contributed by atoms with Crippen LogP contribution in [0.2, 0.25) is 0 Å². The number of aliphatic hydroxyl groups is 1. The highest BCUT2D eigenvalue weighted by atomic mass is 35.5. The second-order valence-electron chi connectivity index (χ2n) is 4.40. The average Bonchev–Trinajstić information content (AvgIpc) is 2.37. The number of halogens is 1. The summed E-state index contributed by atoms with van der Waals surface area (Å²) in [5.74, 6) is 0. The molecule has 0 saturated heterocycles. The first-order valence-corrected chi connectivity index (χ1v) is 7.51. The van der Waals surface area contributed by atoms with Crippen LogP contribution in [0, 0.1) is 0 Å². The molecule has 0 spiro atoms. The van der Waals surface area contributed by atoms with Crippen LogP contribution in [0.15, 0.2) is 23.1 Å². The van der Waals surface area contributed by atoms with Crippen molar-refractivity contribution in [1.29, 1.82) is 0 Å². The Kier molecular flexibility index (Phi) is 5.76. The van der Waals surface area contributed by atoms with Crippen molar-refractivity contribution in [2.24, 2.45) is 0 Å².